The van der Waals surface area contributed by atoms with Gasteiger partial charge in [-0.2, -0.15) is 0 Å². The molecule has 0 heterocycles. The monoisotopic (exact) mass is 208 g/mol. The maximum absolute atomic E-state index is 9.22. The Labute approximate surface area is 91.6 Å². The molecule has 2 heteroatoms. The van der Waals surface area contributed by atoms with Crippen molar-refractivity contribution in [3.8, 4) is 0 Å². The molecule has 2 N–H and O–H groups in total. The summed E-state index contributed by atoms with van der Waals surface area (Å²) in [7, 11) is 0. The Kier molecular flexibility index (Phi) is 4.79. The smallest absolute Gasteiger partial charge is 0.0552 e. The van der Waals surface area contributed by atoms with Crippen LogP contribution in [0.2, 0.25) is 0 Å². The van der Waals surface area contributed by atoms with Crippen LogP contribution < -0.4 is 0 Å². The van der Waals surface area contributed by atoms with Gasteiger partial charge in [0, 0.05) is 0 Å². The van der Waals surface area contributed by atoms with Crippen LogP contribution in [0.15, 0.2) is 24.3 Å². The summed E-state index contributed by atoms with van der Waals surface area (Å²) in [6.07, 6.45) is 1.90. The van der Waals surface area contributed by atoms with Gasteiger partial charge >= 0.3 is 0 Å². The predicted molar refractivity (Wildman–Crippen MR) is 61.8 cm³/mol. The van der Waals surface area contributed by atoms with Crippen LogP contribution in [0.4, 0.5) is 0 Å². The Morgan fingerprint density at radius 3 is 1.93 bits per heavy atom. The summed E-state index contributed by atoms with van der Waals surface area (Å²) in [4.78, 5) is 0. The van der Waals surface area contributed by atoms with Gasteiger partial charge in [-0.25, -0.2) is 0 Å². The zero-order valence-electron chi connectivity index (χ0n) is 9.48. The molecule has 84 valence electrons. The fourth-order valence-corrected chi connectivity index (χ4v) is 1.56. The van der Waals surface area contributed by atoms with Gasteiger partial charge in [0.1, 0.15) is 0 Å². The van der Waals surface area contributed by atoms with Gasteiger partial charge in [0.2, 0.25) is 0 Å². The van der Waals surface area contributed by atoms with Gasteiger partial charge < -0.3 is 10.2 Å². The molecule has 0 aliphatic heterocycles. The molecule has 0 saturated heterocycles. The molecule has 0 bridgehead atoms. The fraction of sp³-hybridized carbons (Fsp3) is 0.538. The van der Waals surface area contributed by atoms with Crippen LogP contribution in [-0.2, 0) is 12.8 Å². The molecule has 0 radical (unpaired) electrons. The van der Waals surface area contributed by atoms with Crippen molar-refractivity contribution in [2.75, 3.05) is 0 Å². The number of rotatable bonds is 5. The third-order valence-electron chi connectivity index (χ3n) is 2.40. The Morgan fingerprint density at radius 2 is 1.47 bits per heavy atom. The first-order valence-electron chi connectivity index (χ1n) is 5.52. The number of aliphatic hydroxyl groups excluding tert-OH is 2. The maximum atomic E-state index is 9.22. The topological polar surface area (TPSA) is 40.5 Å². The lowest BCUT2D eigenvalue weighted by molar-refractivity contribution is 0.185. The number of hydrogen-bond donors (Lipinski definition) is 2. The molecule has 1 aromatic carbocycles. The molecule has 0 aliphatic rings. The highest BCUT2D eigenvalue weighted by Gasteiger charge is 2.00. The van der Waals surface area contributed by atoms with Gasteiger partial charge in [-0.3, -0.25) is 0 Å². The SMILES string of the molecule is CC(O)CCc1ccc(CC(C)O)cc1. The molecular formula is C13H20O2. The van der Waals surface area contributed by atoms with E-state index >= 15 is 0 Å². The zero-order chi connectivity index (χ0) is 11.3. The van der Waals surface area contributed by atoms with Crippen molar-refractivity contribution in [1.82, 2.24) is 0 Å². The molecule has 0 amide bonds. The first-order chi connectivity index (χ1) is 7.08. The quantitative estimate of drug-likeness (QED) is 0.776. The normalized spacial score (nSPS) is 14.9. The van der Waals surface area contributed by atoms with Gasteiger partial charge in [-0.1, -0.05) is 24.3 Å². The highest BCUT2D eigenvalue weighted by Crippen LogP contribution is 2.09. The predicted octanol–water partition coefficient (Wildman–Crippen LogP) is 1.92. The van der Waals surface area contributed by atoms with E-state index in [9.17, 15) is 5.11 Å². The molecule has 0 fully saturated rings. The molecule has 2 unspecified atom stereocenters. The molecule has 0 spiro atoms. The minimum atomic E-state index is -0.284. The van der Waals surface area contributed by atoms with E-state index in [1.807, 2.05) is 19.1 Å². The molecule has 0 aliphatic carbocycles. The Hall–Kier alpha value is -0.860. The van der Waals surface area contributed by atoms with Crippen molar-refractivity contribution in [3.63, 3.8) is 0 Å². The summed E-state index contributed by atoms with van der Waals surface area (Å²) in [5, 5.41) is 18.4. The van der Waals surface area contributed by atoms with E-state index in [1.165, 1.54) is 5.56 Å². The standard InChI is InChI=1S/C13H20O2/c1-10(14)3-4-12-5-7-13(8-6-12)9-11(2)15/h5-8,10-11,14-15H,3-4,9H2,1-2H3. The van der Waals surface area contributed by atoms with Crippen LogP contribution in [0.1, 0.15) is 31.4 Å². The third-order valence-corrected chi connectivity index (χ3v) is 2.40. The molecular weight excluding hydrogens is 188 g/mol. The summed E-state index contributed by atoms with van der Waals surface area (Å²) < 4.78 is 0. The van der Waals surface area contributed by atoms with E-state index in [1.54, 1.807) is 6.92 Å². The van der Waals surface area contributed by atoms with Crippen LogP contribution in [0.3, 0.4) is 0 Å². The van der Waals surface area contributed by atoms with E-state index in [0.29, 0.717) is 6.42 Å². The minimum absolute atomic E-state index is 0.234. The Balaban J connectivity index is 2.49. The molecule has 2 nitrogen and oxygen atoms in total. The third kappa shape index (κ3) is 4.96. The molecule has 0 saturated carbocycles. The summed E-state index contributed by atoms with van der Waals surface area (Å²) in [6, 6.07) is 8.23. The number of benzene rings is 1. The molecule has 15 heavy (non-hydrogen) atoms. The highest BCUT2D eigenvalue weighted by atomic mass is 16.3. The van der Waals surface area contributed by atoms with E-state index in [2.05, 4.69) is 12.1 Å². The van der Waals surface area contributed by atoms with Crippen LogP contribution in [-0.4, -0.2) is 22.4 Å². The second-order valence-electron chi connectivity index (χ2n) is 4.26. The number of aryl methyl sites for hydroxylation is 1. The fourth-order valence-electron chi connectivity index (χ4n) is 1.56. The van der Waals surface area contributed by atoms with Crippen molar-refractivity contribution in [3.05, 3.63) is 35.4 Å². The van der Waals surface area contributed by atoms with Gasteiger partial charge in [0.05, 0.1) is 12.2 Å². The Morgan fingerprint density at radius 1 is 0.933 bits per heavy atom. The summed E-state index contributed by atoms with van der Waals surface area (Å²) in [5.74, 6) is 0. The van der Waals surface area contributed by atoms with Crippen LogP contribution in [0.25, 0.3) is 0 Å². The van der Waals surface area contributed by atoms with Crippen LogP contribution in [0, 0.1) is 0 Å². The zero-order valence-corrected chi connectivity index (χ0v) is 9.48. The molecule has 0 aromatic heterocycles. The van der Waals surface area contributed by atoms with Crippen molar-refractivity contribution in [2.24, 2.45) is 0 Å². The maximum Gasteiger partial charge on any atom is 0.0552 e. The summed E-state index contributed by atoms with van der Waals surface area (Å²) in [6.45, 7) is 3.60. The van der Waals surface area contributed by atoms with Gasteiger partial charge in [0.25, 0.3) is 0 Å². The minimum Gasteiger partial charge on any atom is -0.393 e. The van der Waals surface area contributed by atoms with Crippen molar-refractivity contribution in [1.29, 1.82) is 0 Å². The average molecular weight is 208 g/mol. The van der Waals surface area contributed by atoms with Crippen LogP contribution in [0.5, 0.6) is 0 Å². The van der Waals surface area contributed by atoms with E-state index in [0.717, 1.165) is 18.4 Å². The largest absolute Gasteiger partial charge is 0.393 e. The highest BCUT2D eigenvalue weighted by molar-refractivity contribution is 5.23. The first-order valence-corrected chi connectivity index (χ1v) is 5.52. The van der Waals surface area contributed by atoms with E-state index < -0.39 is 0 Å². The van der Waals surface area contributed by atoms with Crippen molar-refractivity contribution >= 4 is 0 Å². The van der Waals surface area contributed by atoms with Gasteiger partial charge in [0.15, 0.2) is 0 Å². The lowest BCUT2D eigenvalue weighted by Crippen LogP contribution is -2.04. The number of hydrogen-bond acceptors (Lipinski definition) is 2. The number of aliphatic hydroxyl groups is 2. The lowest BCUT2D eigenvalue weighted by Gasteiger charge is -2.07. The second-order valence-corrected chi connectivity index (χ2v) is 4.26. The molecule has 1 aromatic rings. The molecule has 2 atom stereocenters. The second kappa shape index (κ2) is 5.89. The summed E-state index contributed by atoms with van der Waals surface area (Å²) >= 11 is 0. The van der Waals surface area contributed by atoms with Crippen molar-refractivity contribution < 1.29 is 10.2 Å². The van der Waals surface area contributed by atoms with E-state index in [-0.39, 0.29) is 12.2 Å². The average Bonchev–Trinajstić information content (AvgIpc) is 2.16. The van der Waals surface area contributed by atoms with Crippen molar-refractivity contribution in [2.45, 2.75) is 45.3 Å². The van der Waals surface area contributed by atoms with Crippen LogP contribution >= 0.6 is 0 Å². The first kappa shape index (κ1) is 12.2. The lowest BCUT2D eigenvalue weighted by atomic mass is 10.0. The van der Waals surface area contributed by atoms with E-state index in [4.69, 9.17) is 5.11 Å². The van der Waals surface area contributed by atoms with Gasteiger partial charge in [-0.05, 0) is 44.2 Å². The summed E-state index contributed by atoms with van der Waals surface area (Å²) in [5.41, 5.74) is 2.40. The van der Waals surface area contributed by atoms with Gasteiger partial charge in [-0.15, -0.1) is 0 Å². The Bertz CT molecular complexity index is 275. The molecule has 1 rings (SSSR count).